The second kappa shape index (κ2) is 4.10. The van der Waals surface area contributed by atoms with Crippen molar-refractivity contribution < 1.29 is 9.13 Å². The quantitative estimate of drug-likeness (QED) is 0.793. The first kappa shape index (κ1) is 10.3. The van der Waals surface area contributed by atoms with E-state index < -0.39 is 11.4 Å². The van der Waals surface area contributed by atoms with Gasteiger partial charge in [-0.15, -0.1) is 0 Å². The molecule has 4 nitrogen and oxygen atoms in total. The SMILES string of the molecule is Cc1nc(CC2CCCO2)[nH]c(=O)c1F. The van der Waals surface area contributed by atoms with Crippen molar-refractivity contribution in [1.82, 2.24) is 9.97 Å². The van der Waals surface area contributed by atoms with Crippen molar-refractivity contribution in [2.75, 3.05) is 6.61 Å². The van der Waals surface area contributed by atoms with E-state index in [0.29, 0.717) is 12.2 Å². The van der Waals surface area contributed by atoms with Crippen molar-refractivity contribution in [2.45, 2.75) is 32.3 Å². The first-order valence-electron chi connectivity index (χ1n) is 5.03. The number of ether oxygens (including phenoxy) is 1. The third-order valence-corrected chi connectivity index (χ3v) is 2.52. The van der Waals surface area contributed by atoms with Gasteiger partial charge in [0.05, 0.1) is 11.8 Å². The lowest BCUT2D eigenvalue weighted by molar-refractivity contribution is 0.109. The number of H-pyrrole nitrogens is 1. The number of hydrogen-bond acceptors (Lipinski definition) is 3. The third kappa shape index (κ3) is 2.23. The Morgan fingerprint density at radius 3 is 3.07 bits per heavy atom. The lowest BCUT2D eigenvalue weighted by Crippen LogP contribution is -2.20. The van der Waals surface area contributed by atoms with Gasteiger partial charge in [-0.3, -0.25) is 4.79 Å². The fourth-order valence-electron chi connectivity index (χ4n) is 1.75. The zero-order chi connectivity index (χ0) is 10.8. The Morgan fingerprint density at radius 1 is 1.67 bits per heavy atom. The van der Waals surface area contributed by atoms with Crippen molar-refractivity contribution in [2.24, 2.45) is 0 Å². The van der Waals surface area contributed by atoms with Crippen LogP contribution in [-0.4, -0.2) is 22.7 Å². The van der Waals surface area contributed by atoms with Crippen LogP contribution in [0.15, 0.2) is 4.79 Å². The van der Waals surface area contributed by atoms with E-state index in [4.69, 9.17) is 4.74 Å². The van der Waals surface area contributed by atoms with Crippen molar-refractivity contribution >= 4 is 0 Å². The van der Waals surface area contributed by atoms with Crippen LogP contribution in [0, 0.1) is 12.7 Å². The minimum atomic E-state index is -0.800. The van der Waals surface area contributed by atoms with E-state index in [-0.39, 0.29) is 11.8 Å². The predicted octanol–water partition coefficient (Wildman–Crippen LogP) is 0.939. The van der Waals surface area contributed by atoms with Gasteiger partial charge in [-0.1, -0.05) is 0 Å². The summed E-state index contributed by atoms with van der Waals surface area (Å²) >= 11 is 0. The number of rotatable bonds is 2. The molecule has 5 heteroatoms. The highest BCUT2D eigenvalue weighted by Gasteiger charge is 2.18. The lowest BCUT2D eigenvalue weighted by Gasteiger charge is -2.08. The summed E-state index contributed by atoms with van der Waals surface area (Å²) in [5.41, 5.74) is -0.553. The van der Waals surface area contributed by atoms with Crippen molar-refractivity contribution in [1.29, 1.82) is 0 Å². The molecule has 1 aliphatic rings. The van der Waals surface area contributed by atoms with Crippen LogP contribution < -0.4 is 5.56 Å². The molecule has 0 bridgehead atoms. The smallest absolute Gasteiger partial charge is 0.287 e. The number of nitrogens with zero attached hydrogens (tertiary/aromatic N) is 1. The Kier molecular flexibility index (Phi) is 2.81. The Hall–Kier alpha value is -1.23. The highest BCUT2D eigenvalue weighted by molar-refractivity contribution is 5.04. The molecule has 1 aliphatic heterocycles. The number of aromatic nitrogens is 2. The number of halogens is 1. The van der Waals surface area contributed by atoms with Gasteiger partial charge >= 0.3 is 0 Å². The Balaban J connectivity index is 2.18. The molecule has 0 amide bonds. The molecule has 0 saturated carbocycles. The monoisotopic (exact) mass is 212 g/mol. The number of aryl methyl sites for hydroxylation is 1. The molecule has 2 heterocycles. The first-order valence-corrected chi connectivity index (χ1v) is 5.03. The van der Waals surface area contributed by atoms with Gasteiger partial charge in [0.25, 0.3) is 5.56 Å². The summed E-state index contributed by atoms with van der Waals surface area (Å²) in [4.78, 5) is 17.5. The molecule has 1 aromatic rings. The van der Waals surface area contributed by atoms with E-state index in [2.05, 4.69) is 9.97 Å². The van der Waals surface area contributed by atoms with Crippen molar-refractivity contribution in [3.63, 3.8) is 0 Å². The highest BCUT2D eigenvalue weighted by Crippen LogP contribution is 2.15. The van der Waals surface area contributed by atoms with Crippen LogP contribution in [-0.2, 0) is 11.2 Å². The molecule has 1 fully saturated rings. The zero-order valence-corrected chi connectivity index (χ0v) is 8.55. The zero-order valence-electron chi connectivity index (χ0n) is 8.55. The summed E-state index contributed by atoms with van der Waals surface area (Å²) in [5, 5.41) is 0. The van der Waals surface area contributed by atoms with Crippen molar-refractivity contribution in [3.05, 3.63) is 27.7 Å². The third-order valence-electron chi connectivity index (χ3n) is 2.52. The maximum Gasteiger partial charge on any atom is 0.287 e. The Bertz CT molecular complexity index is 410. The molecule has 1 atom stereocenters. The molecule has 0 aliphatic carbocycles. The molecule has 1 saturated heterocycles. The first-order chi connectivity index (χ1) is 7.16. The second-order valence-electron chi connectivity index (χ2n) is 3.75. The van der Waals surface area contributed by atoms with Crippen molar-refractivity contribution in [3.8, 4) is 0 Å². The highest BCUT2D eigenvalue weighted by atomic mass is 19.1. The maximum absolute atomic E-state index is 13.0. The minimum absolute atomic E-state index is 0.109. The predicted molar refractivity (Wildman–Crippen MR) is 52.2 cm³/mol. The van der Waals surface area contributed by atoms with E-state index >= 15 is 0 Å². The molecule has 1 N–H and O–H groups in total. The molecule has 82 valence electrons. The molecule has 0 spiro atoms. The summed E-state index contributed by atoms with van der Waals surface area (Å²) in [7, 11) is 0. The summed E-state index contributed by atoms with van der Waals surface area (Å²) in [5.74, 6) is -0.295. The van der Waals surface area contributed by atoms with Gasteiger partial charge in [0.1, 0.15) is 5.82 Å². The molecule has 1 unspecified atom stereocenters. The van der Waals surface area contributed by atoms with Gasteiger partial charge in [-0.2, -0.15) is 4.39 Å². The fourth-order valence-corrected chi connectivity index (χ4v) is 1.75. The lowest BCUT2D eigenvalue weighted by atomic mass is 10.2. The summed E-state index contributed by atoms with van der Waals surface area (Å²) in [6, 6.07) is 0. The van der Waals surface area contributed by atoms with Crippen LogP contribution in [0.25, 0.3) is 0 Å². The van der Waals surface area contributed by atoms with Crippen LogP contribution in [0.4, 0.5) is 4.39 Å². The number of aromatic amines is 1. The van der Waals surface area contributed by atoms with Crippen LogP contribution in [0.5, 0.6) is 0 Å². The van der Waals surface area contributed by atoms with Crippen LogP contribution >= 0.6 is 0 Å². The van der Waals surface area contributed by atoms with Crippen LogP contribution in [0.3, 0.4) is 0 Å². The molecular formula is C10H13FN2O2. The van der Waals surface area contributed by atoms with Gasteiger partial charge < -0.3 is 9.72 Å². The van der Waals surface area contributed by atoms with E-state index in [0.717, 1.165) is 19.4 Å². The number of hydrogen-bond donors (Lipinski definition) is 1. The molecule has 0 aromatic carbocycles. The molecule has 1 aromatic heterocycles. The fraction of sp³-hybridized carbons (Fsp3) is 0.600. The Labute approximate surface area is 86.5 Å². The summed E-state index contributed by atoms with van der Waals surface area (Å²) in [6.45, 7) is 2.25. The maximum atomic E-state index is 13.0. The van der Waals surface area contributed by atoms with Gasteiger partial charge in [-0.05, 0) is 19.8 Å². The normalized spacial score (nSPS) is 20.8. The van der Waals surface area contributed by atoms with Gasteiger partial charge in [0.15, 0.2) is 0 Å². The Morgan fingerprint density at radius 2 is 2.47 bits per heavy atom. The van der Waals surface area contributed by atoms with E-state index in [1.165, 1.54) is 6.92 Å². The standard InChI is InChI=1S/C10H13FN2O2/c1-6-9(11)10(14)13-8(12-6)5-7-3-2-4-15-7/h7H,2-5H2,1H3,(H,12,13,14). The average Bonchev–Trinajstić information content (AvgIpc) is 2.66. The van der Waals surface area contributed by atoms with Gasteiger partial charge in [-0.25, -0.2) is 4.98 Å². The second-order valence-corrected chi connectivity index (χ2v) is 3.75. The molecule has 2 rings (SSSR count). The van der Waals surface area contributed by atoms with E-state index in [1.54, 1.807) is 0 Å². The van der Waals surface area contributed by atoms with E-state index in [1.807, 2.05) is 0 Å². The van der Waals surface area contributed by atoms with Crippen LogP contribution in [0.2, 0.25) is 0 Å². The van der Waals surface area contributed by atoms with Gasteiger partial charge in [0, 0.05) is 13.0 Å². The minimum Gasteiger partial charge on any atom is -0.378 e. The molecule has 0 radical (unpaired) electrons. The summed E-state index contributed by atoms with van der Waals surface area (Å²) in [6.07, 6.45) is 2.67. The topological polar surface area (TPSA) is 55.0 Å². The summed E-state index contributed by atoms with van der Waals surface area (Å²) < 4.78 is 18.4. The molecular weight excluding hydrogens is 199 g/mol. The number of nitrogens with one attached hydrogen (secondary N) is 1. The van der Waals surface area contributed by atoms with Gasteiger partial charge in [0.2, 0.25) is 5.82 Å². The largest absolute Gasteiger partial charge is 0.378 e. The van der Waals surface area contributed by atoms with Crippen LogP contribution in [0.1, 0.15) is 24.4 Å². The van der Waals surface area contributed by atoms with E-state index in [9.17, 15) is 9.18 Å². The average molecular weight is 212 g/mol. The molecule has 15 heavy (non-hydrogen) atoms.